The summed E-state index contributed by atoms with van der Waals surface area (Å²) in [6.07, 6.45) is 1.61. The number of likely N-dealkylation sites (tertiary alicyclic amines) is 1. The molecule has 7 heteroatoms. The van der Waals surface area contributed by atoms with Gasteiger partial charge in [-0.05, 0) is 80.3 Å². The Hall–Kier alpha value is -1.02. The van der Waals surface area contributed by atoms with Crippen LogP contribution < -0.4 is 5.32 Å². The maximum Gasteiger partial charge on any atom is 0.410 e. The Labute approximate surface area is 167 Å². The summed E-state index contributed by atoms with van der Waals surface area (Å²) >= 11 is 8.10. The zero-order chi connectivity index (χ0) is 18.6. The van der Waals surface area contributed by atoms with Crippen LogP contribution >= 0.6 is 34.2 Å². The summed E-state index contributed by atoms with van der Waals surface area (Å²) in [7, 11) is 0. The van der Waals surface area contributed by atoms with Crippen LogP contribution in [0.3, 0.4) is 0 Å². The van der Waals surface area contributed by atoms with Crippen molar-refractivity contribution in [3.05, 3.63) is 32.4 Å². The van der Waals surface area contributed by atoms with E-state index in [1.807, 2.05) is 26.8 Å². The number of hydrogen-bond acceptors (Lipinski definition) is 3. The number of halogens is 2. The first-order valence-electron chi connectivity index (χ1n) is 8.37. The van der Waals surface area contributed by atoms with E-state index in [0.717, 1.165) is 16.4 Å². The van der Waals surface area contributed by atoms with E-state index < -0.39 is 5.60 Å². The van der Waals surface area contributed by atoms with E-state index in [-0.39, 0.29) is 17.9 Å². The number of hydrogen-bond donors (Lipinski definition) is 1. The Kier molecular flexibility index (Phi) is 6.96. The van der Waals surface area contributed by atoms with Crippen molar-refractivity contribution in [1.29, 1.82) is 0 Å². The molecule has 1 aromatic carbocycles. The first kappa shape index (κ1) is 20.3. The number of piperidine rings is 1. The third-order valence-corrected chi connectivity index (χ3v) is 5.07. The third kappa shape index (κ3) is 6.33. The largest absolute Gasteiger partial charge is 0.444 e. The molecule has 0 spiro atoms. The minimum absolute atomic E-state index is 0.138. The Balaban J connectivity index is 1.89. The van der Waals surface area contributed by atoms with Gasteiger partial charge in [0.15, 0.2) is 0 Å². The van der Waals surface area contributed by atoms with Crippen LogP contribution in [0, 0.1) is 9.49 Å². The summed E-state index contributed by atoms with van der Waals surface area (Å²) in [6, 6.07) is 5.26. The van der Waals surface area contributed by atoms with Crippen LogP contribution in [0.4, 0.5) is 4.79 Å². The van der Waals surface area contributed by atoms with Crippen molar-refractivity contribution >= 4 is 46.2 Å². The van der Waals surface area contributed by atoms with Gasteiger partial charge in [0.1, 0.15) is 5.60 Å². The quantitative estimate of drug-likeness (QED) is 0.658. The highest BCUT2D eigenvalue weighted by Crippen LogP contribution is 2.20. The molecule has 0 bridgehead atoms. The van der Waals surface area contributed by atoms with Crippen LogP contribution in [-0.2, 0) is 4.74 Å². The van der Waals surface area contributed by atoms with Crippen LogP contribution in [0.5, 0.6) is 0 Å². The fourth-order valence-electron chi connectivity index (χ4n) is 2.73. The number of nitrogens with one attached hydrogen (secondary N) is 1. The van der Waals surface area contributed by atoms with Crippen molar-refractivity contribution in [2.24, 2.45) is 5.92 Å². The number of ether oxygens (including phenoxy) is 1. The summed E-state index contributed by atoms with van der Waals surface area (Å²) in [5, 5.41) is 3.50. The van der Waals surface area contributed by atoms with E-state index in [1.54, 1.807) is 17.0 Å². The Morgan fingerprint density at radius 2 is 2.12 bits per heavy atom. The molecule has 1 unspecified atom stereocenters. The lowest BCUT2D eigenvalue weighted by Crippen LogP contribution is -2.45. The van der Waals surface area contributed by atoms with Crippen molar-refractivity contribution in [3.63, 3.8) is 0 Å². The van der Waals surface area contributed by atoms with Crippen molar-refractivity contribution < 1.29 is 14.3 Å². The van der Waals surface area contributed by atoms with Crippen LogP contribution in [-0.4, -0.2) is 42.1 Å². The average Bonchev–Trinajstić information content (AvgIpc) is 2.53. The predicted molar refractivity (Wildman–Crippen MR) is 107 cm³/mol. The molecule has 25 heavy (non-hydrogen) atoms. The SMILES string of the molecule is CC(C)(C)OC(=O)N1CCCC(CNC(=O)c2cc(Cl)ccc2I)C1. The summed E-state index contributed by atoms with van der Waals surface area (Å²) < 4.78 is 6.29. The number of amides is 2. The molecule has 1 aliphatic heterocycles. The monoisotopic (exact) mass is 478 g/mol. The second-order valence-electron chi connectivity index (χ2n) is 7.27. The Morgan fingerprint density at radius 1 is 1.40 bits per heavy atom. The predicted octanol–water partition coefficient (Wildman–Crippen LogP) is 4.32. The Bertz CT molecular complexity index is 646. The fraction of sp³-hybridized carbons (Fsp3) is 0.556. The number of carbonyl (C=O) groups excluding carboxylic acids is 2. The lowest BCUT2D eigenvalue weighted by atomic mass is 9.98. The molecule has 0 radical (unpaired) electrons. The molecule has 1 heterocycles. The van der Waals surface area contributed by atoms with E-state index in [4.69, 9.17) is 16.3 Å². The van der Waals surface area contributed by atoms with Crippen molar-refractivity contribution in [1.82, 2.24) is 10.2 Å². The van der Waals surface area contributed by atoms with Gasteiger partial charge >= 0.3 is 6.09 Å². The molecule has 138 valence electrons. The van der Waals surface area contributed by atoms with Gasteiger partial charge in [-0.2, -0.15) is 0 Å². The summed E-state index contributed by atoms with van der Waals surface area (Å²) in [5.41, 5.74) is 0.0783. The van der Waals surface area contributed by atoms with E-state index in [2.05, 4.69) is 27.9 Å². The zero-order valence-corrected chi connectivity index (χ0v) is 17.7. The summed E-state index contributed by atoms with van der Waals surface area (Å²) in [5.74, 6) is 0.0864. The molecule has 1 aliphatic rings. The van der Waals surface area contributed by atoms with Gasteiger partial charge in [-0.25, -0.2) is 4.79 Å². The minimum atomic E-state index is -0.499. The van der Waals surface area contributed by atoms with Gasteiger partial charge in [-0.1, -0.05) is 11.6 Å². The highest BCUT2D eigenvalue weighted by atomic mass is 127. The molecule has 5 nitrogen and oxygen atoms in total. The van der Waals surface area contributed by atoms with Crippen LogP contribution in [0.1, 0.15) is 44.0 Å². The number of rotatable bonds is 3. The zero-order valence-electron chi connectivity index (χ0n) is 14.8. The van der Waals surface area contributed by atoms with Gasteiger partial charge in [0.2, 0.25) is 0 Å². The molecule has 1 aromatic rings. The van der Waals surface area contributed by atoms with Crippen molar-refractivity contribution in [2.75, 3.05) is 19.6 Å². The van der Waals surface area contributed by atoms with Crippen molar-refractivity contribution in [3.8, 4) is 0 Å². The molecular weight excluding hydrogens is 455 g/mol. The summed E-state index contributed by atoms with van der Waals surface area (Å²) in [6.45, 7) is 7.41. The standard InChI is InChI=1S/C18H24ClIN2O3/c1-18(2,3)25-17(24)22-8-4-5-12(11-22)10-21-16(23)14-9-13(19)6-7-15(14)20/h6-7,9,12H,4-5,8,10-11H2,1-3H3,(H,21,23). The van der Waals surface area contributed by atoms with Crippen LogP contribution in [0.2, 0.25) is 5.02 Å². The molecular formula is C18H24ClIN2O3. The first-order valence-corrected chi connectivity index (χ1v) is 9.82. The van der Waals surface area contributed by atoms with Crippen LogP contribution in [0.15, 0.2) is 18.2 Å². The van der Waals surface area contributed by atoms with Crippen molar-refractivity contribution in [2.45, 2.75) is 39.2 Å². The number of benzene rings is 1. The topological polar surface area (TPSA) is 58.6 Å². The fourth-order valence-corrected chi connectivity index (χ4v) is 3.48. The van der Waals surface area contributed by atoms with Gasteiger partial charge < -0.3 is 15.0 Å². The average molecular weight is 479 g/mol. The second kappa shape index (κ2) is 8.58. The van der Waals surface area contributed by atoms with E-state index in [1.165, 1.54) is 0 Å². The number of nitrogens with zero attached hydrogens (tertiary/aromatic N) is 1. The van der Waals surface area contributed by atoms with Crippen LogP contribution in [0.25, 0.3) is 0 Å². The summed E-state index contributed by atoms with van der Waals surface area (Å²) in [4.78, 5) is 26.3. The second-order valence-corrected chi connectivity index (χ2v) is 8.87. The van der Waals surface area contributed by atoms with Gasteiger partial charge in [0.25, 0.3) is 5.91 Å². The lowest BCUT2D eigenvalue weighted by molar-refractivity contribution is 0.0167. The van der Waals surface area contributed by atoms with E-state index >= 15 is 0 Å². The van der Waals surface area contributed by atoms with E-state index in [9.17, 15) is 9.59 Å². The minimum Gasteiger partial charge on any atom is -0.444 e. The molecule has 1 N–H and O–H groups in total. The first-order chi connectivity index (χ1) is 11.7. The van der Waals surface area contributed by atoms with Gasteiger partial charge in [0.05, 0.1) is 5.56 Å². The normalized spacial score (nSPS) is 18.0. The molecule has 0 saturated carbocycles. The molecule has 1 fully saturated rings. The Morgan fingerprint density at radius 3 is 2.80 bits per heavy atom. The highest BCUT2D eigenvalue weighted by molar-refractivity contribution is 14.1. The van der Waals surface area contributed by atoms with Gasteiger partial charge in [-0.15, -0.1) is 0 Å². The maximum absolute atomic E-state index is 12.4. The highest BCUT2D eigenvalue weighted by Gasteiger charge is 2.27. The third-order valence-electron chi connectivity index (χ3n) is 3.90. The molecule has 2 rings (SSSR count). The molecule has 1 saturated heterocycles. The number of carbonyl (C=O) groups is 2. The maximum atomic E-state index is 12.4. The molecule has 0 aromatic heterocycles. The van der Waals surface area contributed by atoms with Gasteiger partial charge in [-0.3, -0.25) is 4.79 Å². The molecule has 1 atom stereocenters. The molecule has 0 aliphatic carbocycles. The molecule has 2 amide bonds. The lowest BCUT2D eigenvalue weighted by Gasteiger charge is -2.34. The smallest absolute Gasteiger partial charge is 0.410 e. The van der Waals surface area contributed by atoms with E-state index in [0.29, 0.717) is 30.2 Å². The van der Waals surface area contributed by atoms with Gasteiger partial charge in [0, 0.05) is 28.2 Å².